The molecule has 13 heteroatoms. The van der Waals surface area contributed by atoms with E-state index in [1.54, 1.807) is 48.8 Å². The summed E-state index contributed by atoms with van der Waals surface area (Å²) in [5.41, 5.74) is 4.22. The molecule has 2 amide bonds. The van der Waals surface area contributed by atoms with Crippen molar-refractivity contribution >= 4 is 49.7 Å². The maximum atomic E-state index is 13.8. The van der Waals surface area contributed by atoms with E-state index in [-0.39, 0.29) is 11.7 Å². The summed E-state index contributed by atoms with van der Waals surface area (Å²) in [4.78, 5) is 36.0. The van der Waals surface area contributed by atoms with Gasteiger partial charge in [-0.1, -0.05) is 56.3 Å². The van der Waals surface area contributed by atoms with Gasteiger partial charge in [0.15, 0.2) is 5.13 Å². The lowest BCUT2D eigenvalue weighted by Crippen LogP contribution is -2.52. The topological polar surface area (TPSA) is 151 Å². The number of methoxy groups -OCH3 is 1. The number of hydrogen-bond acceptors (Lipinski definition) is 9. The van der Waals surface area contributed by atoms with E-state index in [0.29, 0.717) is 41.4 Å². The number of rotatable bonds is 17. The van der Waals surface area contributed by atoms with E-state index >= 15 is 0 Å². The predicted molar refractivity (Wildman–Crippen MR) is 203 cm³/mol. The van der Waals surface area contributed by atoms with Crippen LogP contribution in [0.3, 0.4) is 0 Å². The largest absolute Gasteiger partial charge is 0.497 e. The summed E-state index contributed by atoms with van der Waals surface area (Å²) in [6.07, 6.45) is 4.71. The van der Waals surface area contributed by atoms with Gasteiger partial charge >= 0.3 is 0 Å². The quantitative estimate of drug-likeness (QED) is 0.0831. The molecule has 2 atom stereocenters. The van der Waals surface area contributed by atoms with Crippen LogP contribution in [0.5, 0.6) is 5.75 Å². The molecule has 4 N–H and O–H groups in total. The molecule has 2 aromatic heterocycles. The fourth-order valence-corrected chi connectivity index (χ4v) is 7.49. The molecule has 5 rings (SSSR count). The third-order valence-corrected chi connectivity index (χ3v) is 10.1. The summed E-state index contributed by atoms with van der Waals surface area (Å²) in [5, 5.41) is 11.7. The predicted octanol–water partition coefficient (Wildman–Crippen LogP) is 6.66. The third kappa shape index (κ3) is 11.4. The molecule has 0 fully saturated rings. The Morgan fingerprint density at radius 1 is 0.882 bits per heavy atom. The fraction of sp³-hybridized carbons (Fsp3) is 0.263. The van der Waals surface area contributed by atoms with Gasteiger partial charge in [-0.2, -0.15) is 0 Å². The highest BCUT2D eigenvalue weighted by Gasteiger charge is 2.27. The minimum Gasteiger partial charge on any atom is -0.497 e. The molecule has 5 aromatic rings. The Labute approximate surface area is 303 Å². The van der Waals surface area contributed by atoms with Crippen LogP contribution in [-0.2, 0) is 21.2 Å². The van der Waals surface area contributed by atoms with Gasteiger partial charge in [-0.05, 0) is 79.3 Å². The van der Waals surface area contributed by atoms with Gasteiger partial charge in [0.05, 0.1) is 30.4 Å². The first-order valence-corrected chi connectivity index (χ1v) is 19.1. The Hall–Kier alpha value is -5.27. The third-order valence-electron chi connectivity index (χ3n) is 7.94. The molecule has 2 heterocycles. The van der Waals surface area contributed by atoms with E-state index in [2.05, 4.69) is 30.6 Å². The second-order valence-corrected chi connectivity index (χ2v) is 15.1. The molecule has 0 radical (unpaired) electrons. The summed E-state index contributed by atoms with van der Waals surface area (Å²) in [5.74, 6) is -0.525. The number of amides is 2. The van der Waals surface area contributed by atoms with Crippen LogP contribution in [0.15, 0.2) is 109 Å². The highest BCUT2D eigenvalue weighted by atomic mass is 32.2. The van der Waals surface area contributed by atoms with Crippen molar-refractivity contribution in [2.75, 3.05) is 22.9 Å². The standard InChI is InChI=1S/C38H42N6O5S2/c1-26(2)22-34(42-36(45)29-14-12-28(13-15-29)35-24-50-38(43-35)41-31-10-7-21-39-23-31)37(46)40-32(16-11-27-8-5-4-6-9-27)25-51(47,48)44-30-17-19-33(49-3)20-18-30/h4-10,12-15,17-21,23-24,26,32,34,44H,11,16,22,25H2,1-3H3,(H,40,46)(H,41,43)(H,42,45). The van der Waals surface area contributed by atoms with Gasteiger partial charge in [0.25, 0.3) is 5.91 Å². The maximum absolute atomic E-state index is 13.8. The van der Waals surface area contributed by atoms with Gasteiger partial charge in [-0.3, -0.25) is 19.3 Å². The SMILES string of the molecule is COc1ccc(NS(=O)(=O)CC(CCc2ccccc2)NC(=O)C(CC(C)C)NC(=O)c2ccc(-c3csc(Nc4cccnc4)n3)cc2)cc1. The number of sulfonamides is 1. The van der Waals surface area contributed by atoms with Crippen LogP contribution in [0.2, 0.25) is 0 Å². The lowest BCUT2D eigenvalue weighted by Gasteiger charge is -2.25. The number of benzene rings is 3. The molecule has 0 saturated heterocycles. The normalized spacial score (nSPS) is 12.5. The van der Waals surface area contributed by atoms with Crippen molar-refractivity contribution < 1.29 is 22.7 Å². The molecule has 0 aliphatic rings. The Morgan fingerprint density at radius 3 is 2.29 bits per heavy atom. The van der Waals surface area contributed by atoms with E-state index in [9.17, 15) is 18.0 Å². The summed E-state index contributed by atoms with van der Waals surface area (Å²) >= 11 is 1.46. The zero-order valence-corrected chi connectivity index (χ0v) is 30.3. The first kappa shape index (κ1) is 37.0. The van der Waals surface area contributed by atoms with Crippen molar-refractivity contribution in [3.05, 3.63) is 120 Å². The van der Waals surface area contributed by atoms with Crippen molar-refractivity contribution in [2.24, 2.45) is 5.92 Å². The molecular weight excluding hydrogens is 685 g/mol. The zero-order valence-electron chi connectivity index (χ0n) is 28.7. The lowest BCUT2D eigenvalue weighted by molar-refractivity contribution is -0.124. The number of ether oxygens (including phenoxy) is 1. The van der Waals surface area contributed by atoms with Crippen LogP contribution >= 0.6 is 11.3 Å². The molecule has 0 bridgehead atoms. The first-order chi connectivity index (χ1) is 24.6. The van der Waals surface area contributed by atoms with Crippen LogP contribution in [0.4, 0.5) is 16.5 Å². The lowest BCUT2D eigenvalue weighted by atomic mass is 10.0. The van der Waals surface area contributed by atoms with E-state index in [1.807, 2.05) is 73.8 Å². The van der Waals surface area contributed by atoms with E-state index in [0.717, 1.165) is 22.5 Å². The number of aryl methyl sites for hydroxylation is 1. The van der Waals surface area contributed by atoms with E-state index in [1.165, 1.54) is 18.4 Å². The number of nitrogens with one attached hydrogen (secondary N) is 4. The minimum atomic E-state index is -3.86. The van der Waals surface area contributed by atoms with Crippen LogP contribution in [0.1, 0.15) is 42.6 Å². The summed E-state index contributed by atoms with van der Waals surface area (Å²) in [6.45, 7) is 3.92. The first-order valence-electron chi connectivity index (χ1n) is 16.6. The Bertz CT molecular complexity index is 1970. The van der Waals surface area contributed by atoms with Crippen molar-refractivity contribution in [1.82, 2.24) is 20.6 Å². The maximum Gasteiger partial charge on any atom is 0.251 e. The molecule has 0 saturated carbocycles. The second-order valence-electron chi connectivity index (χ2n) is 12.5. The van der Waals surface area contributed by atoms with Gasteiger partial charge in [0.2, 0.25) is 15.9 Å². The van der Waals surface area contributed by atoms with Crippen LogP contribution in [0.25, 0.3) is 11.3 Å². The monoisotopic (exact) mass is 726 g/mol. The molecule has 0 aliphatic heterocycles. The van der Waals surface area contributed by atoms with Gasteiger partial charge < -0.3 is 20.7 Å². The molecule has 11 nitrogen and oxygen atoms in total. The minimum absolute atomic E-state index is 0.0748. The van der Waals surface area contributed by atoms with Gasteiger partial charge in [-0.15, -0.1) is 11.3 Å². The van der Waals surface area contributed by atoms with Gasteiger partial charge in [-0.25, -0.2) is 13.4 Å². The van der Waals surface area contributed by atoms with Crippen LogP contribution in [-0.4, -0.2) is 55.1 Å². The summed E-state index contributed by atoms with van der Waals surface area (Å²) in [7, 11) is -2.33. The number of hydrogen-bond donors (Lipinski definition) is 4. The Balaban J connectivity index is 1.26. The van der Waals surface area contributed by atoms with Crippen molar-refractivity contribution in [3.8, 4) is 17.0 Å². The molecule has 0 aliphatic carbocycles. The van der Waals surface area contributed by atoms with Crippen molar-refractivity contribution in [3.63, 3.8) is 0 Å². The number of carbonyl (C=O) groups is 2. The number of anilines is 3. The average Bonchev–Trinajstić information content (AvgIpc) is 3.59. The van der Waals surface area contributed by atoms with Crippen molar-refractivity contribution in [2.45, 2.75) is 45.2 Å². The molecule has 51 heavy (non-hydrogen) atoms. The summed E-state index contributed by atoms with van der Waals surface area (Å²) < 4.78 is 34.4. The fourth-order valence-electron chi connectivity index (χ4n) is 5.39. The molecule has 3 aromatic carbocycles. The highest BCUT2D eigenvalue weighted by Crippen LogP contribution is 2.27. The average molecular weight is 727 g/mol. The number of pyridine rings is 1. The number of aromatic nitrogens is 2. The number of carbonyl (C=O) groups excluding carboxylic acids is 2. The second kappa shape index (κ2) is 17.6. The van der Waals surface area contributed by atoms with Gasteiger partial charge in [0.1, 0.15) is 11.8 Å². The van der Waals surface area contributed by atoms with Crippen LogP contribution in [0, 0.1) is 5.92 Å². The molecular formula is C38H42N6O5S2. The van der Waals surface area contributed by atoms with Crippen LogP contribution < -0.4 is 25.4 Å². The number of thiazole rings is 1. The molecule has 266 valence electrons. The molecule has 0 spiro atoms. The van der Waals surface area contributed by atoms with E-state index < -0.39 is 33.9 Å². The Morgan fingerprint density at radius 2 is 1.63 bits per heavy atom. The smallest absolute Gasteiger partial charge is 0.251 e. The number of nitrogens with zero attached hydrogens (tertiary/aromatic N) is 2. The van der Waals surface area contributed by atoms with Gasteiger partial charge in [0, 0.05) is 34.4 Å². The summed E-state index contributed by atoms with van der Waals surface area (Å²) in [6, 6.07) is 25.4. The van der Waals surface area contributed by atoms with Crippen molar-refractivity contribution in [1.29, 1.82) is 0 Å². The Kier molecular flexibility index (Phi) is 12.8. The zero-order chi connectivity index (χ0) is 36.2. The molecule has 2 unspecified atom stereocenters. The van der Waals surface area contributed by atoms with E-state index in [4.69, 9.17) is 4.74 Å². The highest BCUT2D eigenvalue weighted by molar-refractivity contribution is 7.92.